The first-order chi connectivity index (χ1) is 8.56. The van der Waals surface area contributed by atoms with E-state index < -0.39 is 11.6 Å². The van der Waals surface area contributed by atoms with Gasteiger partial charge in [-0.25, -0.2) is 13.8 Å². The molecule has 0 atom stereocenters. The Labute approximate surface area is 112 Å². The maximum absolute atomic E-state index is 13.4. The van der Waals surface area contributed by atoms with Crippen LogP contribution in [0.1, 0.15) is 11.1 Å². The summed E-state index contributed by atoms with van der Waals surface area (Å²) in [7, 11) is 0. The molecule has 0 aliphatic heterocycles. The van der Waals surface area contributed by atoms with Crippen molar-refractivity contribution in [1.29, 1.82) is 0 Å². The fourth-order valence-corrected chi connectivity index (χ4v) is 1.73. The minimum Gasteiger partial charge on any atom is -0.380 e. The lowest BCUT2D eigenvalue weighted by Crippen LogP contribution is -2.03. The fraction of sp³-hybridized carbons (Fsp3) is 0.154. The first kappa shape index (κ1) is 13.0. The van der Waals surface area contributed by atoms with Gasteiger partial charge in [-0.05, 0) is 40.5 Å². The van der Waals surface area contributed by atoms with Gasteiger partial charge in [0.05, 0.1) is 11.9 Å². The van der Waals surface area contributed by atoms with Gasteiger partial charge in [0, 0.05) is 18.2 Å². The summed E-state index contributed by atoms with van der Waals surface area (Å²) in [5.41, 5.74) is 2.19. The Morgan fingerprint density at radius 3 is 2.72 bits per heavy atom. The minimum atomic E-state index is -0.572. The van der Waals surface area contributed by atoms with Gasteiger partial charge in [-0.15, -0.1) is 0 Å². The highest BCUT2D eigenvalue weighted by molar-refractivity contribution is 9.10. The average molecular weight is 313 g/mol. The number of rotatable bonds is 3. The van der Waals surface area contributed by atoms with E-state index in [1.807, 2.05) is 13.0 Å². The number of hydrogen-bond acceptors (Lipinski definition) is 2. The van der Waals surface area contributed by atoms with Crippen LogP contribution in [0.2, 0.25) is 0 Å². The Bertz CT molecular complexity index is 573. The Morgan fingerprint density at radius 2 is 2.06 bits per heavy atom. The Hall–Kier alpha value is -1.49. The number of nitrogens with zero attached hydrogens (tertiary/aromatic N) is 1. The molecular formula is C13H11BrF2N2. The summed E-state index contributed by atoms with van der Waals surface area (Å²) in [6, 6.07) is 5.45. The quantitative estimate of drug-likeness (QED) is 0.865. The first-order valence-electron chi connectivity index (χ1n) is 5.36. The molecule has 2 rings (SSSR count). The molecule has 0 amide bonds. The average Bonchev–Trinajstić information content (AvgIpc) is 2.32. The molecule has 0 aliphatic carbocycles. The number of halogens is 3. The number of benzene rings is 1. The van der Waals surface area contributed by atoms with Crippen molar-refractivity contribution < 1.29 is 8.78 Å². The first-order valence-corrected chi connectivity index (χ1v) is 6.15. The summed E-state index contributed by atoms with van der Waals surface area (Å²) in [4.78, 5) is 4.13. The highest BCUT2D eigenvalue weighted by atomic mass is 79.9. The minimum absolute atomic E-state index is 0.287. The van der Waals surface area contributed by atoms with Gasteiger partial charge in [-0.2, -0.15) is 0 Å². The van der Waals surface area contributed by atoms with Crippen LogP contribution in [0, 0.1) is 18.6 Å². The van der Waals surface area contributed by atoms with Gasteiger partial charge in [0.25, 0.3) is 0 Å². The topological polar surface area (TPSA) is 24.9 Å². The van der Waals surface area contributed by atoms with Crippen LogP contribution < -0.4 is 5.32 Å². The second-order valence-corrected chi connectivity index (χ2v) is 4.67. The molecule has 18 heavy (non-hydrogen) atoms. The van der Waals surface area contributed by atoms with Gasteiger partial charge < -0.3 is 5.32 Å². The van der Waals surface area contributed by atoms with Crippen LogP contribution in [0.15, 0.2) is 35.1 Å². The summed E-state index contributed by atoms with van der Waals surface area (Å²) in [6.45, 7) is 2.20. The summed E-state index contributed by atoms with van der Waals surface area (Å²) in [5, 5.41) is 3.04. The van der Waals surface area contributed by atoms with Crippen molar-refractivity contribution in [1.82, 2.24) is 4.98 Å². The number of pyridine rings is 1. The van der Waals surface area contributed by atoms with Crippen LogP contribution in [0.3, 0.4) is 0 Å². The number of nitrogens with one attached hydrogen (secondary N) is 1. The molecule has 0 bridgehead atoms. The monoisotopic (exact) mass is 312 g/mol. The van der Waals surface area contributed by atoms with E-state index in [1.54, 1.807) is 6.20 Å². The normalized spacial score (nSPS) is 10.4. The zero-order chi connectivity index (χ0) is 13.1. The number of aromatic nitrogens is 1. The van der Waals surface area contributed by atoms with Crippen LogP contribution in [0.4, 0.5) is 14.5 Å². The molecule has 1 N–H and O–H groups in total. The highest BCUT2D eigenvalue weighted by Crippen LogP contribution is 2.18. The zero-order valence-corrected chi connectivity index (χ0v) is 11.3. The molecule has 1 heterocycles. The zero-order valence-electron chi connectivity index (χ0n) is 9.67. The van der Waals surface area contributed by atoms with Crippen LogP contribution in [-0.2, 0) is 6.54 Å². The van der Waals surface area contributed by atoms with E-state index in [4.69, 9.17) is 0 Å². The van der Waals surface area contributed by atoms with E-state index in [0.717, 1.165) is 21.9 Å². The molecule has 0 unspecified atom stereocenters. The van der Waals surface area contributed by atoms with Crippen molar-refractivity contribution in [3.8, 4) is 0 Å². The Kier molecular flexibility index (Phi) is 3.91. The summed E-state index contributed by atoms with van der Waals surface area (Å²) >= 11 is 3.30. The Morgan fingerprint density at radius 1 is 1.28 bits per heavy atom. The van der Waals surface area contributed by atoms with E-state index >= 15 is 0 Å². The number of anilines is 1. The summed E-state index contributed by atoms with van der Waals surface area (Å²) < 4.78 is 26.9. The maximum Gasteiger partial charge on any atom is 0.131 e. The van der Waals surface area contributed by atoms with Gasteiger partial charge in [0.2, 0.25) is 0 Å². The largest absolute Gasteiger partial charge is 0.380 e. The van der Waals surface area contributed by atoms with Crippen molar-refractivity contribution in [2.45, 2.75) is 13.5 Å². The molecule has 0 spiro atoms. The van der Waals surface area contributed by atoms with E-state index in [9.17, 15) is 8.78 Å². The molecule has 0 aliphatic rings. The third-order valence-corrected chi connectivity index (χ3v) is 3.34. The molecule has 0 saturated heterocycles. The lowest BCUT2D eigenvalue weighted by molar-refractivity contribution is 0.574. The van der Waals surface area contributed by atoms with Crippen molar-refractivity contribution in [2.24, 2.45) is 0 Å². The molecule has 1 aromatic heterocycles. The Balaban J connectivity index is 2.09. The van der Waals surface area contributed by atoms with Gasteiger partial charge in [-0.3, -0.25) is 0 Å². The second kappa shape index (κ2) is 5.44. The lowest BCUT2D eigenvalue weighted by Gasteiger charge is -2.08. The third-order valence-electron chi connectivity index (χ3n) is 2.51. The molecular weight excluding hydrogens is 302 g/mol. The lowest BCUT2D eigenvalue weighted by atomic mass is 10.2. The molecule has 1 aromatic carbocycles. The fourth-order valence-electron chi connectivity index (χ4n) is 1.52. The van der Waals surface area contributed by atoms with Crippen LogP contribution >= 0.6 is 15.9 Å². The van der Waals surface area contributed by atoms with Crippen molar-refractivity contribution in [3.63, 3.8) is 0 Å². The number of aryl methyl sites for hydroxylation is 1. The SMILES string of the molecule is Cc1cc(NCc2ccc(F)cc2F)cnc1Br. The van der Waals surface area contributed by atoms with Crippen LogP contribution in [0.5, 0.6) is 0 Å². The predicted octanol–water partition coefficient (Wildman–Crippen LogP) is 4.04. The predicted molar refractivity (Wildman–Crippen MR) is 70.4 cm³/mol. The second-order valence-electron chi connectivity index (χ2n) is 3.92. The van der Waals surface area contributed by atoms with E-state index in [-0.39, 0.29) is 6.54 Å². The molecule has 0 saturated carbocycles. The number of hydrogen-bond donors (Lipinski definition) is 1. The molecule has 5 heteroatoms. The van der Waals surface area contributed by atoms with Gasteiger partial charge in [-0.1, -0.05) is 6.07 Å². The summed E-state index contributed by atoms with van der Waals surface area (Å²) in [6.07, 6.45) is 1.65. The van der Waals surface area contributed by atoms with Crippen molar-refractivity contribution >= 4 is 21.6 Å². The molecule has 0 fully saturated rings. The maximum atomic E-state index is 13.4. The summed E-state index contributed by atoms with van der Waals surface area (Å²) in [5.74, 6) is -1.12. The molecule has 94 valence electrons. The molecule has 0 radical (unpaired) electrons. The van der Waals surface area contributed by atoms with Crippen molar-refractivity contribution in [3.05, 3.63) is 57.8 Å². The van der Waals surface area contributed by atoms with Crippen LogP contribution in [0.25, 0.3) is 0 Å². The van der Waals surface area contributed by atoms with Gasteiger partial charge in [0.15, 0.2) is 0 Å². The molecule has 2 aromatic rings. The van der Waals surface area contributed by atoms with E-state index in [2.05, 4.69) is 26.2 Å². The molecule has 2 nitrogen and oxygen atoms in total. The standard InChI is InChI=1S/C13H11BrF2N2/c1-8-4-11(7-18-13(8)14)17-6-9-2-3-10(15)5-12(9)16/h2-5,7,17H,6H2,1H3. The van der Waals surface area contributed by atoms with E-state index in [1.165, 1.54) is 12.1 Å². The smallest absolute Gasteiger partial charge is 0.131 e. The van der Waals surface area contributed by atoms with Crippen LogP contribution in [-0.4, -0.2) is 4.98 Å². The highest BCUT2D eigenvalue weighted by Gasteiger charge is 2.04. The van der Waals surface area contributed by atoms with Gasteiger partial charge in [0.1, 0.15) is 16.2 Å². The van der Waals surface area contributed by atoms with E-state index in [0.29, 0.717) is 5.56 Å². The third kappa shape index (κ3) is 3.04. The van der Waals surface area contributed by atoms with Crippen molar-refractivity contribution in [2.75, 3.05) is 5.32 Å². The van der Waals surface area contributed by atoms with Gasteiger partial charge >= 0.3 is 0 Å².